The van der Waals surface area contributed by atoms with Crippen LogP contribution in [0.15, 0.2) is 42.5 Å². The molecule has 8 heteroatoms. The van der Waals surface area contributed by atoms with Crippen molar-refractivity contribution >= 4 is 17.2 Å². The second-order valence-electron chi connectivity index (χ2n) is 10.2. The highest BCUT2D eigenvalue weighted by atomic mass is 32.1. The number of carbonyl (C=O) groups excluding carboxylic acids is 1. The van der Waals surface area contributed by atoms with Crippen molar-refractivity contribution in [3.05, 3.63) is 79.7 Å². The fourth-order valence-electron chi connectivity index (χ4n) is 4.87. The number of nitrogens with one attached hydrogen (secondary N) is 1. The summed E-state index contributed by atoms with van der Waals surface area (Å²) >= 11 is 1.38. The number of benzene rings is 2. The zero-order chi connectivity index (χ0) is 26.2. The molecule has 0 radical (unpaired) electrons. The van der Waals surface area contributed by atoms with Gasteiger partial charge in [0, 0.05) is 21.8 Å². The zero-order valence-corrected chi connectivity index (χ0v) is 22.3. The number of thiophene rings is 1. The summed E-state index contributed by atoms with van der Waals surface area (Å²) in [7, 11) is 3.13. The van der Waals surface area contributed by atoms with Gasteiger partial charge in [-0.25, -0.2) is 0 Å². The maximum absolute atomic E-state index is 13.5. The van der Waals surface area contributed by atoms with Crippen molar-refractivity contribution in [3.8, 4) is 21.9 Å². The maximum atomic E-state index is 13.5. The fraction of sp³-hybridized carbons (Fsp3) is 0.393. The van der Waals surface area contributed by atoms with E-state index in [-0.39, 0.29) is 10.8 Å². The first kappa shape index (κ1) is 25.7. The fourth-order valence-corrected chi connectivity index (χ4v) is 5.97. The van der Waals surface area contributed by atoms with Crippen molar-refractivity contribution in [2.24, 2.45) is 0 Å². The maximum Gasteiger partial charge on any atom is 0.262 e. The normalized spacial score (nSPS) is 17.3. The second kappa shape index (κ2) is 9.93. The molecule has 1 heterocycles. The van der Waals surface area contributed by atoms with Crippen LogP contribution in [-0.2, 0) is 6.42 Å². The number of rotatable bonds is 6. The summed E-state index contributed by atoms with van der Waals surface area (Å²) in [4.78, 5) is 27.0. The van der Waals surface area contributed by atoms with E-state index in [4.69, 9.17) is 9.47 Å². The molecule has 2 aromatic carbocycles. The van der Waals surface area contributed by atoms with E-state index < -0.39 is 17.5 Å². The van der Waals surface area contributed by atoms with Crippen molar-refractivity contribution < 1.29 is 19.2 Å². The molecule has 1 aliphatic carbocycles. The van der Waals surface area contributed by atoms with Gasteiger partial charge in [0.25, 0.3) is 5.91 Å². The van der Waals surface area contributed by atoms with Crippen molar-refractivity contribution in [1.82, 2.24) is 5.32 Å². The highest BCUT2D eigenvalue weighted by Crippen LogP contribution is 2.47. The molecule has 1 amide bonds. The minimum Gasteiger partial charge on any atom is -0.493 e. The van der Waals surface area contributed by atoms with Gasteiger partial charge in [0.05, 0.1) is 25.0 Å². The van der Waals surface area contributed by atoms with Gasteiger partial charge < -0.3 is 14.8 Å². The van der Waals surface area contributed by atoms with E-state index in [1.165, 1.54) is 11.3 Å². The smallest absolute Gasteiger partial charge is 0.262 e. The number of carbonyl (C=O) groups is 1. The van der Waals surface area contributed by atoms with Gasteiger partial charge in [-0.15, -0.1) is 11.3 Å². The molecule has 1 aromatic heterocycles. The first-order chi connectivity index (χ1) is 17.0. The van der Waals surface area contributed by atoms with Gasteiger partial charge in [-0.3, -0.25) is 14.9 Å². The van der Waals surface area contributed by atoms with Crippen LogP contribution in [0.2, 0.25) is 0 Å². The van der Waals surface area contributed by atoms with E-state index in [0.717, 1.165) is 27.1 Å². The highest BCUT2D eigenvalue weighted by Gasteiger charge is 2.42. The third kappa shape index (κ3) is 5.09. The number of nitro groups is 1. The summed E-state index contributed by atoms with van der Waals surface area (Å²) in [5, 5.41) is 15.4. The molecule has 0 saturated heterocycles. The Labute approximate surface area is 215 Å². The highest BCUT2D eigenvalue weighted by molar-refractivity contribution is 7.17. The molecule has 0 spiro atoms. The average Bonchev–Trinajstić information content (AvgIpc) is 3.26. The molecule has 0 fully saturated rings. The van der Waals surface area contributed by atoms with E-state index in [0.29, 0.717) is 34.8 Å². The SMILES string of the molecule is COc1cc2c(cc1OC)[C@H](c1cc(-c3cccc(C)c3)sc1C(=O)NC(C)(C)C)[C@@H]([N+](=O)[O-])CC2. The van der Waals surface area contributed by atoms with Crippen LogP contribution in [0.5, 0.6) is 11.5 Å². The van der Waals surface area contributed by atoms with Gasteiger partial charge in [0.15, 0.2) is 11.5 Å². The second-order valence-corrected chi connectivity index (χ2v) is 11.3. The first-order valence-corrected chi connectivity index (χ1v) is 12.8. The summed E-state index contributed by atoms with van der Waals surface area (Å²) in [6, 6.07) is 12.9. The van der Waals surface area contributed by atoms with Gasteiger partial charge in [0.2, 0.25) is 6.04 Å². The van der Waals surface area contributed by atoms with Crippen LogP contribution in [0, 0.1) is 17.0 Å². The van der Waals surface area contributed by atoms with Crippen LogP contribution >= 0.6 is 11.3 Å². The standard InChI is InChI=1S/C28H32N2O5S/c1-16-8-7-9-18(12-16)24-15-20(26(36-24)27(31)29-28(2,3)4)25-19-14-23(35-6)22(34-5)13-17(19)10-11-21(25)30(32)33/h7-9,12-15,21,25H,10-11H2,1-6H3,(H,29,31)/t21-,25+/m0/s1. The molecular formula is C28H32N2O5S. The minimum absolute atomic E-state index is 0.209. The van der Waals surface area contributed by atoms with Crippen molar-refractivity contribution in [3.63, 3.8) is 0 Å². The molecule has 7 nitrogen and oxygen atoms in total. The van der Waals surface area contributed by atoms with E-state index in [1.807, 2.05) is 64.1 Å². The van der Waals surface area contributed by atoms with Crippen LogP contribution in [0.3, 0.4) is 0 Å². The van der Waals surface area contributed by atoms with Crippen LogP contribution in [0.25, 0.3) is 10.4 Å². The lowest BCUT2D eigenvalue weighted by Gasteiger charge is -2.30. The predicted octanol–water partition coefficient (Wildman–Crippen LogP) is 5.99. The molecule has 0 aliphatic heterocycles. The average molecular weight is 509 g/mol. The van der Waals surface area contributed by atoms with Gasteiger partial charge in [-0.1, -0.05) is 29.8 Å². The van der Waals surface area contributed by atoms with Crippen LogP contribution < -0.4 is 14.8 Å². The van der Waals surface area contributed by atoms with E-state index in [9.17, 15) is 14.9 Å². The zero-order valence-electron chi connectivity index (χ0n) is 21.5. The molecule has 190 valence electrons. The first-order valence-electron chi connectivity index (χ1n) is 11.9. The molecule has 1 N–H and O–H groups in total. The summed E-state index contributed by atoms with van der Waals surface area (Å²) < 4.78 is 11.0. The van der Waals surface area contributed by atoms with Gasteiger partial charge in [-0.2, -0.15) is 0 Å². The Bertz CT molecular complexity index is 1310. The van der Waals surface area contributed by atoms with E-state index >= 15 is 0 Å². The Morgan fingerprint density at radius 2 is 1.78 bits per heavy atom. The summed E-state index contributed by atoms with van der Waals surface area (Å²) in [5.74, 6) is 0.279. The number of aryl methyl sites for hydroxylation is 2. The lowest BCUT2D eigenvalue weighted by atomic mass is 9.75. The minimum atomic E-state index is -0.864. The number of methoxy groups -OCH3 is 2. The number of hydrogen-bond acceptors (Lipinski definition) is 6. The number of hydrogen-bond donors (Lipinski definition) is 1. The largest absolute Gasteiger partial charge is 0.493 e. The topological polar surface area (TPSA) is 90.7 Å². The van der Waals surface area contributed by atoms with E-state index in [1.54, 1.807) is 14.2 Å². The molecule has 36 heavy (non-hydrogen) atoms. The molecular weight excluding hydrogens is 476 g/mol. The lowest BCUT2D eigenvalue weighted by Crippen LogP contribution is -2.41. The predicted molar refractivity (Wildman–Crippen MR) is 142 cm³/mol. The van der Waals surface area contributed by atoms with Crippen LogP contribution in [-0.4, -0.2) is 36.6 Å². The number of fused-ring (bicyclic) bond motifs is 1. The summed E-state index contributed by atoms with van der Waals surface area (Å²) in [6.07, 6.45) is 0.923. The van der Waals surface area contributed by atoms with E-state index in [2.05, 4.69) is 11.4 Å². The van der Waals surface area contributed by atoms with Crippen LogP contribution in [0.1, 0.15) is 65.0 Å². The third-order valence-corrected chi connectivity index (χ3v) is 7.64. The summed E-state index contributed by atoms with van der Waals surface area (Å²) in [6.45, 7) is 7.79. The molecule has 0 saturated carbocycles. The van der Waals surface area contributed by atoms with Crippen molar-refractivity contribution in [2.75, 3.05) is 14.2 Å². The van der Waals surface area contributed by atoms with Crippen molar-refractivity contribution in [1.29, 1.82) is 0 Å². The Morgan fingerprint density at radius 3 is 2.39 bits per heavy atom. The number of ether oxygens (including phenoxy) is 2. The van der Waals surface area contributed by atoms with Crippen molar-refractivity contribution in [2.45, 2.75) is 58.0 Å². The molecule has 2 atom stereocenters. The lowest BCUT2D eigenvalue weighted by molar-refractivity contribution is -0.526. The van der Waals surface area contributed by atoms with Gasteiger partial charge >= 0.3 is 0 Å². The molecule has 1 aliphatic rings. The molecule has 0 unspecified atom stereocenters. The number of amides is 1. The Balaban J connectivity index is 1.95. The van der Waals surface area contributed by atoms with Gasteiger partial charge in [0.1, 0.15) is 0 Å². The molecule has 0 bridgehead atoms. The monoisotopic (exact) mass is 508 g/mol. The Morgan fingerprint density at radius 1 is 1.08 bits per heavy atom. The third-order valence-electron chi connectivity index (χ3n) is 6.44. The quantitative estimate of drug-likeness (QED) is 0.326. The summed E-state index contributed by atoms with van der Waals surface area (Å²) in [5.41, 5.74) is 4.09. The Kier molecular flexibility index (Phi) is 7.09. The molecule has 4 rings (SSSR count). The van der Waals surface area contributed by atoms with Gasteiger partial charge in [-0.05, 0) is 74.6 Å². The Hall–Kier alpha value is -3.39. The van der Waals surface area contributed by atoms with Crippen LogP contribution in [0.4, 0.5) is 0 Å². The number of nitrogens with zero attached hydrogens (tertiary/aromatic N) is 1. The molecule has 3 aromatic rings.